The summed E-state index contributed by atoms with van der Waals surface area (Å²) in [6.07, 6.45) is -4.29. The minimum absolute atomic E-state index is 0.0756. The maximum Gasteiger partial charge on any atom is 0.340 e. The lowest BCUT2D eigenvalue weighted by Crippen LogP contribution is -2.60. The van der Waals surface area contributed by atoms with Crippen molar-refractivity contribution in [2.45, 2.75) is 36.9 Å². The first kappa shape index (κ1) is 31.3. The van der Waals surface area contributed by atoms with E-state index in [9.17, 15) is 24.2 Å². The molecule has 2 aliphatic heterocycles. The van der Waals surface area contributed by atoms with Crippen LogP contribution < -0.4 is 4.90 Å². The Labute approximate surface area is 256 Å². The fourth-order valence-corrected chi connectivity index (χ4v) is 8.49. The van der Waals surface area contributed by atoms with Crippen molar-refractivity contribution in [1.29, 1.82) is 0 Å². The molecule has 0 aliphatic carbocycles. The van der Waals surface area contributed by atoms with Crippen LogP contribution >= 0.6 is 26.8 Å². The fraction of sp³-hybridized carbons (Fsp3) is 0.370. The molecule has 2 unspecified atom stereocenters. The summed E-state index contributed by atoms with van der Waals surface area (Å²) >= 11 is 6.37. The number of aryl methyl sites for hydroxylation is 1. The maximum atomic E-state index is 12.1. The predicted molar refractivity (Wildman–Crippen MR) is 160 cm³/mol. The molecule has 17 heteroatoms. The quantitative estimate of drug-likeness (QED) is 0.129. The average molecular weight is 666 g/mol. The van der Waals surface area contributed by atoms with Gasteiger partial charge in [-0.15, -0.1) is 0 Å². The third-order valence-electron chi connectivity index (χ3n) is 7.94. The summed E-state index contributed by atoms with van der Waals surface area (Å²) in [6, 6.07) is 18.6. The molecule has 4 heterocycles. The molecule has 0 amide bonds. The first-order chi connectivity index (χ1) is 20.8. The summed E-state index contributed by atoms with van der Waals surface area (Å²) < 4.78 is 35.1. The van der Waals surface area contributed by atoms with Gasteiger partial charge in [-0.05, 0) is 29.7 Å². The summed E-state index contributed by atoms with van der Waals surface area (Å²) in [7, 11) is -9.56. The van der Waals surface area contributed by atoms with Gasteiger partial charge in [0.25, 0.3) is 0 Å². The van der Waals surface area contributed by atoms with E-state index in [2.05, 4.69) is 51.4 Å². The Balaban J connectivity index is 1.26. The van der Waals surface area contributed by atoms with E-state index in [0.717, 1.165) is 16.7 Å². The van der Waals surface area contributed by atoms with E-state index in [1.165, 1.54) is 10.9 Å². The minimum Gasteiger partial charge on any atom is -0.387 e. The first-order valence-corrected chi connectivity index (χ1v) is 17.5. The molecule has 234 valence electrons. The highest BCUT2D eigenvalue weighted by atomic mass is 35.5. The molecule has 5 N–H and O–H groups in total. The maximum absolute atomic E-state index is 12.1. The van der Waals surface area contributed by atoms with Gasteiger partial charge in [-0.2, -0.15) is 9.97 Å². The molecule has 6 rings (SSSR count). The van der Waals surface area contributed by atoms with E-state index < -0.39 is 52.2 Å². The summed E-state index contributed by atoms with van der Waals surface area (Å²) in [6.45, 7) is 2.47. The van der Waals surface area contributed by atoms with E-state index in [1.807, 2.05) is 30.0 Å². The Hall–Kier alpha value is -2.74. The molecule has 2 aromatic carbocycles. The standard InChI is InChI=1S/C27H30ClN5O9P2/c1-16-7-9-18(10-8-16)27(17-5-3-2-4-6-17)12-32(13-27)23-20-24(31-26(28)30-23)33(14-29-20)25-22(35)21(34)19(42-25)11-41-44(39,40)15-43(36,37)38/h2-10,14,19,21-22,25,34-35H,11-13,15H2,1H3,(H,39,40)(H2,36,37,38)/t19-,21+,22?,25-/m1/s1. The number of imidazole rings is 1. The molecule has 2 aromatic heterocycles. The van der Waals surface area contributed by atoms with Gasteiger partial charge >= 0.3 is 15.2 Å². The van der Waals surface area contributed by atoms with E-state index in [4.69, 9.17) is 30.6 Å². The van der Waals surface area contributed by atoms with Crippen LogP contribution in [-0.4, -0.2) is 88.3 Å². The van der Waals surface area contributed by atoms with Gasteiger partial charge in [0.2, 0.25) is 5.28 Å². The fourth-order valence-electron chi connectivity index (χ4n) is 5.76. The van der Waals surface area contributed by atoms with Crippen LogP contribution in [0.4, 0.5) is 5.82 Å². The van der Waals surface area contributed by atoms with Crippen molar-refractivity contribution in [3.63, 3.8) is 0 Å². The second-order valence-corrected chi connectivity index (χ2v) is 15.4. The highest BCUT2D eigenvalue weighted by Gasteiger charge is 2.48. The summed E-state index contributed by atoms with van der Waals surface area (Å²) in [5, 5.41) is 21.3. The van der Waals surface area contributed by atoms with Gasteiger partial charge < -0.3 is 39.1 Å². The smallest absolute Gasteiger partial charge is 0.340 e. The van der Waals surface area contributed by atoms with E-state index in [0.29, 0.717) is 24.4 Å². The molecule has 14 nitrogen and oxygen atoms in total. The number of nitrogens with zero attached hydrogens (tertiary/aromatic N) is 5. The topological polar surface area (TPSA) is 201 Å². The molecule has 5 atom stereocenters. The van der Waals surface area contributed by atoms with Gasteiger partial charge in [0.15, 0.2) is 29.1 Å². The van der Waals surface area contributed by atoms with Crippen molar-refractivity contribution in [1.82, 2.24) is 19.5 Å². The first-order valence-electron chi connectivity index (χ1n) is 13.6. The van der Waals surface area contributed by atoms with E-state index in [1.54, 1.807) is 0 Å². The molecular formula is C27H30ClN5O9P2. The van der Waals surface area contributed by atoms with E-state index >= 15 is 0 Å². The van der Waals surface area contributed by atoms with Crippen LogP contribution in [0.1, 0.15) is 22.9 Å². The lowest BCUT2D eigenvalue weighted by Gasteiger charge is -2.51. The summed E-state index contributed by atoms with van der Waals surface area (Å²) in [4.78, 5) is 43.1. The molecule has 44 heavy (non-hydrogen) atoms. The molecule has 2 fully saturated rings. The number of aliphatic hydroxyl groups excluding tert-OH is 2. The van der Waals surface area contributed by atoms with Crippen LogP contribution in [0.5, 0.6) is 0 Å². The monoisotopic (exact) mass is 665 g/mol. The third-order valence-corrected chi connectivity index (χ3v) is 11.6. The zero-order valence-corrected chi connectivity index (χ0v) is 25.8. The zero-order valence-electron chi connectivity index (χ0n) is 23.3. The Morgan fingerprint density at radius 1 is 1.00 bits per heavy atom. The number of aliphatic hydroxyl groups is 2. The normalized spacial score (nSPS) is 24.8. The van der Waals surface area contributed by atoms with Gasteiger partial charge in [0, 0.05) is 13.1 Å². The molecule has 2 aliphatic rings. The second kappa shape index (κ2) is 11.6. The number of benzene rings is 2. The van der Waals surface area contributed by atoms with Crippen LogP contribution in [0, 0.1) is 6.92 Å². The number of fused-ring (bicyclic) bond motifs is 1. The number of hydrogen-bond donors (Lipinski definition) is 5. The summed E-state index contributed by atoms with van der Waals surface area (Å²) in [5.41, 5.74) is 3.76. The van der Waals surface area contributed by atoms with Crippen LogP contribution in [0.2, 0.25) is 5.28 Å². The summed E-state index contributed by atoms with van der Waals surface area (Å²) in [5.74, 6) is -0.922. The Morgan fingerprint density at radius 3 is 2.32 bits per heavy atom. The highest BCUT2D eigenvalue weighted by molar-refractivity contribution is 7.70. The number of halogens is 1. The number of ether oxygens (including phenoxy) is 1. The Morgan fingerprint density at radius 2 is 1.66 bits per heavy atom. The van der Waals surface area contributed by atoms with Crippen molar-refractivity contribution < 1.29 is 43.3 Å². The average Bonchev–Trinajstić information content (AvgIpc) is 3.47. The lowest BCUT2D eigenvalue weighted by atomic mass is 9.68. The zero-order chi connectivity index (χ0) is 31.4. The predicted octanol–water partition coefficient (Wildman–Crippen LogP) is 2.55. The minimum atomic E-state index is -4.85. The van der Waals surface area contributed by atoms with Gasteiger partial charge in [-0.25, -0.2) is 4.98 Å². The molecule has 0 saturated carbocycles. The van der Waals surface area contributed by atoms with Crippen LogP contribution in [0.25, 0.3) is 11.2 Å². The SMILES string of the molecule is Cc1ccc(C2(c3ccccc3)CN(c3nc(Cl)nc4c3ncn4[C@@H]3O[C@H](COP(=O)(O)CP(=O)(O)O)[C@H](O)C3O)C2)cc1. The van der Waals surface area contributed by atoms with Crippen molar-refractivity contribution >= 4 is 43.8 Å². The van der Waals surface area contributed by atoms with Gasteiger partial charge in [-0.1, -0.05) is 60.2 Å². The van der Waals surface area contributed by atoms with Crippen molar-refractivity contribution in [2.75, 3.05) is 30.5 Å². The van der Waals surface area contributed by atoms with Crippen molar-refractivity contribution in [3.05, 3.63) is 82.9 Å². The molecule has 0 radical (unpaired) electrons. The van der Waals surface area contributed by atoms with E-state index in [-0.39, 0.29) is 16.3 Å². The number of anilines is 1. The molecule has 0 spiro atoms. The Bertz CT molecular complexity index is 1760. The van der Waals surface area contributed by atoms with Gasteiger partial charge in [0.05, 0.1) is 18.3 Å². The lowest BCUT2D eigenvalue weighted by molar-refractivity contribution is -0.0483. The largest absolute Gasteiger partial charge is 0.387 e. The molecule has 2 saturated heterocycles. The van der Waals surface area contributed by atoms with Gasteiger partial charge in [-0.3, -0.25) is 13.7 Å². The van der Waals surface area contributed by atoms with Crippen LogP contribution in [-0.2, 0) is 23.8 Å². The molecule has 4 aromatic rings. The molecular weight excluding hydrogens is 636 g/mol. The highest BCUT2D eigenvalue weighted by Crippen LogP contribution is 2.55. The van der Waals surface area contributed by atoms with Crippen LogP contribution in [0.3, 0.4) is 0 Å². The third kappa shape index (κ3) is 5.95. The van der Waals surface area contributed by atoms with Crippen molar-refractivity contribution in [3.8, 4) is 0 Å². The van der Waals surface area contributed by atoms with Crippen LogP contribution in [0.15, 0.2) is 60.9 Å². The number of aromatic nitrogens is 4. The van der Waals surface area contributed by atoms with Gasteiger partial charge in [0.1, 0.15) is 18.3 Å². The van der Waals surface area contributed by atoms with Crippen molar-refractivity contribution in [2.24, 2.45) is 0 Å². The number of rotatable bonds is 9. The second-order valence-electron chi connectivity index (χ2n) is 11.1. The molecule has 0 bridgehead atoms. The Kier molecular flexibility index (Phi) is 8.21. The number of hydrogen-bond acceptors (Lipinski definition) is 10.